The van der Waals surface area contributed by atoms with E-state index in [0.29, 0.717) is 17.8 Å². The number of halogens is 2. The minimum Gasteiger partial charge on any atom is -0.459 e. The average Bonchev–Trinajstić information content (AvgIpc) is 2.23. The number of carbonyl (C=O) groups excluding carboxylic acids is 1. The third kappa shape index (κ3) is 1.95. The molecule has 4 fully saturated rings. The molecule has 0 aliphatic heterocycles. The van der Waals surface area contributed by atoms with Crippen LogP contribution in [0.1, 0.15) is 38.5 Å². The van der Waals surface area contributed by atoms with E-state index in [4.69, 9.17) is 4.74 Å². The fraction of sp³-hybridized carbons (Fsp3) is 0.923. The second-order valence-corrected chi connectivity index (χ2v) is 6.19. The van der Waals surface area contributed by atoms with Crippen molar-refractivity contribution in [1.82, 2.24) is 0 Å². The molecule has 0 amide bonds. The van der Waals surface area contributed by atoms with E-state index in [2.05, 4.69) is 0 Å². The van der Waals surface area contributed by atoms with Gasteiger partial charge in [-0.25, -0.2) is 8.78 Å². The number of carbonyl (C=O) groups is 1. The summed E-state index contributed by atoms with van der Waals surface area (Å²) in [7, 11) is 0. The van der Waals surface area contributed by atoms with Crippen molar-refractivity contribution in [3.8, 4) is 0 Å². The highest BCUT2D eigenvalue weighted by molar-refractivity contribution is 5.77. The fourth-order valence-electron chi connectivity index (χ4n) is 4.65. The lowest BCUT2D eigenvalue weighted by atomic mass is 9.49. The molecule has 4 aliphatic carbocycles. The zero-order chi connectivity index (χ0) is 12.0. The quantitative estimate of drug-likeness (QED) is 0.713. The number of hydrogen-bond donors (Lipinski definition) is 0. The van der Waals surface area contributed by atoms with Gasteiger partial charge < -0.3 is 4.74 Å². The molecule has 0 heterocycles. The Morgan fingerprint density at radius 3 is 2.00 bits per heavy atom. The van der Waals surface area contributed by atoms with Crippen LogP contribution in [-0.4, -0.2) is 19.0 Å². The summed E-state index contributed by atoms with van der Waals surface area (Å²) >= 11 is 0. The molecule has 4 heteroatoms. The molecule has 0 atom stereocenters. The van der Waals surface area contributed by atoms with Crippen molar-refractivity contribution in [2.75, 3.05) is 6.61 Å². The van der Waals surface area contributed by atoms with Crippen molar-refractivity contribution in [2.24, 2.45) is 23.2 Å². The van der Waals surface area contributed by atoms with Crippen LogP contribution in [0.3, 0.4) is 0 Å². The van der Waals surface area contributed by atoms with Gasteiger partial charge in [0.25, 0.3) is 6.43 Å². The smallest absolute Gasteiger partial charge is 0.312 e. The minimum atomic E-state index is -2.55. The number of ether oxygens (including phenoxy) is 1. The molecule has 4 bridgehead atoms. The lowest BCUT2D eigenvalue weighted by Crippen LogP contribution is -2.50. The number of rotatable bonds is 3. The number of esters is 1. The monoisotopic (exact) mass is 244 g/mol. The van der Waals surface area contributed by atoms with E-state index in [-0.39, 0.29) is 5.97 Å². The number of hydrogen-bond acceptors (Lipinski definition) is 2. The number of alkyl halides is 2. The van der Waals surface area contributed by atoms with Crippen LogP contribution in [0.4, 0.5) is 8.78 Å². The van der Waals surface area contributed by atoms with E-state index >= 15 is 0 Å². The van der Waals surface area contributed by atoms with Gasteiger partial charge in [-0.05, 0) is 56.3 Å². The Morgan fingerprint density at radius 1 is 1.12 bits per heavy atom. The average molecular weight is 244 g/mol. The normalized spacial score (nSPS) is 43.1. The van der Waals surface area contributed by atoms with Gasteiger partial charge in [0.2, 0.25) is 0 Å². The van der Waals surface area contributed by atoms with Gasteiger partial charge in [-0.1, -0.05) is 0 Å². The van der Waals surface area contributed by atoms with Crippen molar-refractivity contribution in [3.63, 3.8) is 0 Å². The van der Waals surface area contributed by atoms with Gasteiger partial charge in [-0.15, -0.1) is 0 Å². The van der Waals surface area contributed by atoms with Gasteiger partial charge in [-0.2, -0.15) is 0 Å². The third-order valence-electron chi connectivity index (χ3n) is 4.81. The highest BCUT2D eigenvalue weighted by Gasteiger charge is 2.55. The van der Waals surface area contributed by atoms with Crippen LogP contribution in [0.5, 0.6) is 0 Å². The van der Waals surface area contributed by atoms with Gasteiger partial charge >= 0.3 is 5.97 Å². The SMILES string of the molecule is O=C(OCC(F)F)C12CC3CC(CC(C3)C1)C2. The second-order valence-electron chi connectivity index (χ2n) is 6.19. The summed E-state index contributed by atoms with van der Waals surface area (Å²) in [6.07, 6.45) is 3.79. The highest BCUT2D eigenvalue weighted by Crippen LogP contribution is 2.60. The van der Waals surface area contributed by atoms with Gasteiger partial charge in [0.05, 0.1) is 5.41 Å². The molecule has 0 spiro atoms. The molecule has 0 radical (unpaired) electrons. The lowest BCUT2D eigenvalue weighted by molar-refractivity contribution is -0.175. The molecule has 4 saturated carbocycles. The molecule has 2 nitrogen and oxygen atoms in total. The van der Waals surface area contributed by atoms with Gasteiger partial charge in [-0.3, -0.25) is 4.79 Å². The van der Waals surface area contributed by atoms with E-state index in [1.54, 1.807) is 0 Å². The van der Waals surface area contributed by atoms with Crippen LogP contribution in [0.15, 0.2) is 0 Å². The Labute approximate surface area is 99.7 Å². The Hall–Kier alpha value is -0.670. The molecule has 0 unspecified atom stereocenters. The maximum absolute atomic E-state index is 12.1. The summed E-state index contributed by atoms with van der Waals surface area (Å²) in [5.41, 5.74) is -0.399. The molecule has 96 valence electrons. The lowest BCUT2D eigenvalue weighted by Gasteiger charge is -2.55. The maximum Gasteiger partial charge on any atom is 0.312 e. The summed E-state index contributed by atoms with van der Waals surface area (Å²) in [5, 5.41) is 0. The van der Waals surface area contributed by atoms with Crippen molar-refractivity contribution in [3.05, 3.63) is 0 Å². The van der Waals surface area contributed by atoms with E-state index < -0.39 is 18.4 Å². The van der Waals surface area contributed by atoms with Crippen LogP contribution in [0.2, 0.25) is 0 Å². The standard InChI is InChI=1S/C13H18F2O2/c14-11(15)7-17-12(16)13-4-8-1-9(5-13)3-10(2-8)6-13/h8-11H,1-7H2. The predicted molar refractivity (Wildman–Crippen MR) is 57.6 cm³/mol. The first-order valence-electron chi connectivity index (χ1n) is 6.53. The van der Waals surface area contributed by atoms with Gasteiger partial charge in [0.15, 0.2) is 6.61 Å². The summed E-state index contributed by atoms with van der Waals surface area (Å²) in [6, 6.07) is 0. The zero-order valence-electron chi connectivity index (χ0n) is 9.83. The van der Waals surface area contributed by atoms with Crippen LogP contribution >= 0.6 is 0 Å². The topological polar surface area (TPSA) is 26.3 Å². The zero-order valence-corrected chi connectivity index (χ0v) is 9.83. The van der Waals surface area contributed by atoms with Gasteiger partial charge in [0, 0.05) is 0 Å². The summed E-state index contributed by atoms with van der Waals surface area (Å²) in [4.78, 5) is 12.0. The molecule has 4 aliphatic rings. The maximum atomic E-state index is 12.1. The Kier molecular flexibility index (Phi) is 2.64. The Morgan fingerprint density at radius 2 is 1.59 bits per heavy atom. The highest BCUT2D eigenvalue weighted by atomic mass is 19.3. The summed E-state index contributed by atoms with van der Waals surface area (Å²) in [6.45, 7) is -0.736. The first-order chi connectivity index (χ1) is 8.07. The van der Waals surface area contributed by atoms with E-state index in [1.807, 2.05) is 0 Å². The van der Waals surface area contributed by atoms with Crippen LogP contribution in [-0.2, 0) is 9.53 Å². The second kappa shape index (κ2) is 3.92. The van der Waals surface area contributed by atoms with Crippen molar-refractivity contribution < 1.29 is 18.3 Å². The molecular formula is C13H18F2O2. The molecular weight excluding hydrogens is 226 g/mol. The van der Waals surface area contributed by atoms with E-state index in [1.165, 1.54) is 19.3 Å². The van der Waals surface area contributed by atoms with Crippen LogP contribution in [0.25, 0.3) is 0 Å². The van der Waals surface area contributed by atoms with Crippen molar-refractivity contribution in [2.45, 2.75) is 45.0 Å². The molecule has 17 heavy (non-hydrogen) atoms. The Bertz CT molecular complexity index is 292. The van der Waals surface area contributed by atoms with E-state index in [0.717, 1.165) is 19.3 Å². The fourth-order valence-corrected chi connectivity index (χ4v) is 4.65. The largest absolute Gasteiger partial charge is 0.459 e. The van der Waals surface area contributed by atoms with Crippen LogP contribution < -0.4 is 0 Å². The Balaban J connectivity index is 1.71. The summed E-state index contributed by atoms with van der Waals surface area (Å²) in [5.74, 6) is 1.57. The molecule has 0 N–H and O–H groups in total. The summed E-state index contributed by atoms with van der Waals surface area (Å²) < 4.78 is 29.0. The molecule has 4 rings (SSSR count). The molecule has 0 aromatic rings. The van der Waals surface area contributed by atoms with Crippen molar-refractivity contribution >= 4 is 5.97 Å². The van der Waals surface area contributed by atoms with E-state index in [9.17, 15) is 13.6 Å². The first-order valence-corrected chi connectivity index (χ1v) is 6.53. The van der Waals surface area contributed by atoms with Crippen molar-refractivity contribution in [1.29, 1.82) is 0 Å². The first kappa shape index (κ1) is 11.4. The predicted octanol–water partition coefficient (Wildman–Crippen LogP) is 3.01. The third-order valence-corrected chi connectivity index (χ3v) is 4.81. The molecule has 0 saturated heterocycles. The molecule has 0 aromatic heterocycles. The van der Waals surface area contributed by atoms with Crippen LogP contribution in [0, 0.1) is 23.2 Å². The minimum absolute atomic E-state index is 0.350. The van der Waals surface area contributed by atoms with Gasteiger partial charge in [0.1, 0.15) is 0 Å². The molecule has 0 aromatic carbocycles.